The average molecular weight is 328 g/mol. The predicted octanol–water partition coefficient (Wildman–Crippen LogP) is 2.79. The van der Waals surface area contributed by atoms with Gasteiger partial charge in [0.2, 0.25) is 0 Å². The van der Waals surface area contributed by atoms with Gasteiger partial charge in [-0.15, -0.1) is 0 Å². The summed E-state index contributed by atoms with van der Waals surface area (Å²) in [6.45, 7) is 1.93. The fraction of sp³-hybridized carbons (Fsp3) is 0.368. The summed E-state index contributed by atoms with van der Waals surface area (Å²) in [4.78, 5) is 25.0. The molecule has 1 aromatic heterocycles. The van der Waals surface area contributed by atoms with Crippen molar-refractivity contribution in [3.63, 3.8) is 0 Å². The summed E-state index contributed by atoms with van der Waals surface area (Å²) in [6.07, 6.45) is 1.53. The molecule has 1 N–H and O–H groups in total. The first kappa shape index (κ1) is 16.5. The minimum atomic E-state index is -1.41. The number of furan rings is 1. The number of esters is 1. The molecule has 3 rings (SSSR count). The monoisotopic (exact) mass is 328 g/mol. The first-order chi connectivity index (χ1) is 11.5. The fourth-order valence-electron chi connectivity index (χ4n) is 3.45. The lowest BCUT2D eigenvalue weighted by atomic mass is 9.67. The summed E-state index contributed by atoms with van der Waals surface area (Å²) < 4.78 is 10.4. The summed E-state index contributed by atoms with van der Waals surface area (Å²) in [5, 5.41) is 11.0. The Morgan fingerprint density at radius 1 is 1.29 bits per heavy atom. The Morgan fingerprint density at radius 3 is 2.67 bits per heavy atom. The Morgan fingerprint density at radius 2 is 2.04 bits per heavy atom. The van der Waals surface area contributed by atoms with Gasteiger partial charge >= 0.3 is 5.97 Å². The highest BCUT2D eigenvalue weighted by Crippen LogP contribution is 2.46. The molecule has 1 saturated carbocycles. The van der Waals surface area contributed by atoms with Crippen LogP contribution in [0, 0.1) is 5.92 Å². The molecule has 24 heavy (non-hydrogen) atoms. The number of carbonyl (C=O) groups excluding carboxylic acids is 2. The van der Waals surface area contributed by atoms with Crippen LogP contribution in [-0.4, -0.2) is 23.5 Å². The molecule has 0 saturated heterocycles. The highest BCUT2D eigenvalue weighted by molar-refractivity contribution is 6.01. The Labute approximate surface area is 140 Å². The van der Waals surface area contributed by atoms with Crippen LogP contribution in [0.1, 0.15) is 37.0 Å². The molecule has 0 amide bonds. The van der Waals surface area contributed by atoms with Crippen LogP contribution in [0.4, 0.5) is 0 Å². The molecule has 2 aromatic rings. The van der Waals surface area contributed by atoms with Crippen molar-refractivity contribution in [3.05, 3.63) is 60.1 Å². The van der Waals surface area contributed by atoms with Crippen molar-refractivity contribution in [3.8, 4) is 0 Å². The van der Waals surface area contributed by atoms with Crippen molar-refractivity contribution in [2.45, 2.75) is 31.3 Å². The SMILES string of the molecule is CCOC(=O)C1C(=O)CC(O)(c2ccco2)CC1c1ccccc1. The van der Waals surface area contributed by atoms with E-state index >= 15 is 0 Å². The third-order valence-corrected chi connectivity index (χ3v) is 4.52. The number of hydrogen-bond acceptors (Lipinski definition) is 5. The van der Waals surface area contributed by atoms with Crippen molar-refractivity contribution in [2.75, 3.05) is 6.61 Å². The number of carbonyl (C=O) groups is 2. The molecule has 0 bridgehead atoms. The molecular formula is C19H20O5. The lowest BCUT2D eigenvalue weighted by Crippen LogP contribution is -2.45. The van der Waals surface area contributed by atoms with Gasteiger partial charge in [-0.3, -0.25) is 9.59 Å². The van der Waals surface area contributed by atoms with E-state index in [1.165, 1.54) is 6.26 Å². The van der Waals surface area contributed by atoms with Crippen LogP contribution in [0.15, 0.2) is 53.1 Å². The van der Waals surface area contributed by atoms with Crippen LogP contribution in [0.3, 0.4) is 0 Å². The van der Waals surface area contributed by atoms with E-state index in [1.807, 2.05) is 30.3 Å². The van der Waals surface area contributed by atoms with E-state index in [1.54, 1.807) is 19.1 Å². The molecule has 1 aromatic carbocycles. The molecule has 1 aliphatic carbocycles. The van der Waals surface area contributed by atoms with Gasteiger partial charge in [-0.05, 0) is 31.0 Å². The van der Waals surface area contributed by atoms with E-state index in [0.29, 0.717) is 5.76 Å². The summed E-state index contributed by atoms with van der Waals surface area (Å²) in [5.74, 6) is -1.87. The van der Waals surface area contributed by atoms with E-state index in [4.69, 9.17) is 9.15 Å². The highest BCUT2D eigenvalue weighted by Gasteiger charge is 2.50. The second-order valence-electron chi connectivity index (χ2n) is 6.10. The van der Waals surface area contributed by atoms with Gasteiger partial charge in [0.05, 0.1) is 12.9 Å². The predicted molar refractivity (Wildman–Crippen MR) is 86.2 cm³/mol. The van der Waals surface area contributed by atoms with Gasteiger partial charge in [0.25, 0.3) is 0 Å². The van der Waals surface area contributed by atoms with Gasteiger partial charge in [0.15, 0.2) is 5.78 Å². The third kappa shape index (κ3) is 2.99. The second kappa shape index (κ2) is 6.61. The van der Waals surface area contributed by atoms with Crippen molar-refractivity contribution >= 4 is 11.8 Å². The Balaban J connectivity index is 2.00. The Hall–Kier alpha value is -2.40. The van der Waals surface area contributed by atoms with Gasteiger partial charge in [-0.1, -0.05) is 30.3 Å². The number of Topliss-reactive ketones (excluding diaryl/α,β-unsaturated/α-hetero) is 1. The molecule has 5 heteroatoms. The van der Waals surface area contributed by atoms with E-state index in [9.17, 15) is 14.7 Å². The van der Waals surface area contributed by atoms with E-state index in [-0.39, 0.29) is 25.2 Å². The minimum Gasteiger partial charge on any atom is -0.466 e. The van der Waals surface area contributed by atoms with E-state index in [0.717, 1.165) is 5.56 Å². The largest absolute Gasteiger partial charge is 0.466 e. The molecule has 1 heterocycles. The third-order valence-electron chi connectivity index (χ3n) is 4.52. The van der Waals surface area contributed by atoms with Crippen molar-refractivity contribution in [2.24, 2.45) is 5.92 Å². The number of benzene rings is 1. The normalized spacial score (nSPS) is 27.0. The summed E-state index contributed by atoms with van der Waals surface area (Å²) in [7, 11) is 0. The molecule has 3 atom stereocenters. The zero-order chi connectivity index (χ0) is 17.2. The van der Waals surface area contributed by atoms with Crippen molar-refractivity contribution in [1.82, 2.24) is 0 Å². The van der Waals surface area contributed by atoms with E-state index < -0.39 is 23.4 Å². The average Bonchev–Trinajstić information content (AvgIpc) is 3.10. The number of hydrogen-bond donors (Lipinski definition) is 1. The lowest BCUT2D eigenvalue weighted by Gasteiger charge is -2.38. The van der Waals surface area contributed by atoms with Crippen LogP contribution in [0.25, 0.3) is 0 Å². The van der Waals surface area contributed by atoms with Gasteiger partial charge < -0.3 is 14.3 Å². The molecule has 0 radical (unpaired) electrons. The van der Waals surface area contributed by atoms with Crippen LogP contribution >= 0.6 is 0 Å². The highest BCUT2D eigenvalue weighted by atomic mass is 16.5. The number of aliphatic hydroxyl groups is 1. The lowest BCUT2D eigenvalue weighted by molar-refractivity contribution is -0.158. The number of ketones is 1. The van der Waals surface area contributed by atoms with Gasteiger partial charge in [-0.25, -0.2) is 0 Å². The first-order valence-corrected chi connectivity index (χ1v) is 8.06. The van der Waals surface area contributed by atoms with Crippen molar-refractivity contribution in [1.29, 1.82) is 0 Å². The van der Waals surface area contributed by atoms with Crippen molar-refractivity contribution < 1.29 is 23.8 Å². The maximum absolute atomic E-state index is 12.7. The molecule has 126 valence electrons. The molecule has 5 nitrogen and oxygen atoms in total. The molecule has 0 spiro atoms. The topological polar surface area (TPSA) is 76.7 Å². The molecular weight excluding hydrogens is 308 g/mol. The quantitative estimate of drug-likeness (QED) is 0.690. The van der Waals surface area contributed by atoms with Crippen LogP contribution in [-0.2, 0) is 19.9 Å². The fourth-order valence-corrected chi connectivity index (χ4v) is 3.45. The Kier molecular flexibility index (Phi) is 4.53. The molecule has 1 fully saturated rings. The summed E-state index contributed by atoms with van der Waals surface area (Å²) in [5.41, 5.74) is -0.585. The van der Waals surface area contributed by atoms with Gasteiger partial charge in [-0.2, -0.15) is 0 Å². The zero-order valence-electron chi connectivity index (χ0n) is 13.5. The molecule has 0 aliphatic heterocycles. The number of ether oxygens (including phenoxy) is 1. The minimum absolute atomic E-state index is 0.159. The zero-order valence-corrected chi connectivity index (χ0v) is 13.5. The standard InChI is InChI=1S/C19H20O5/c1-2-23-18(21)17-14(13-7-4-3-5-8-13)11-19(22,12-15(17)20)16-9-6-10-24-16/h3-10,14,17,22H,2,11-12H2,1H3. The number of rotatable bonds is 4. The van der Waals surface area contributed by atoms with E-state index in [2.05, 4.69) is 0 Å². The van der Waals surface area contributed by atoms with Gasteiger partial charge in [0.1, 0.15) is 17.3 Å². The molecule has 1 aliphatic rings. The summed E-state index contributed by atoms with van der Waals surface area (Å²) in [6, 6.07) is 12.6. The summed E-state index contributed by atoms with van der Waals surface area (Å²) >= 11 is 0. The van der Waals surface area contributed by atoms with Gasteiger partial charge in [0, 0.05) is 12.3 Å². The van der Waals surface area contributed by atoms with Crippen LogP contribution < -0.4 is 0 Å². The first-order valence-electron chi connectivity index (χ1n) is 8.06. The second-order valence-corrected chi connectivity index (χ2v) is 6.10. The Bertz CT molecular complexity index is 707. The van der Waals surface area contributed by atoms with Crippen LogP contribution in [0.2, 0.25) is 0 Å². The maximum atomic E-state index is 12.7. The maximum Gasteiger partial charge on any atom is 0.317 e. The molecule has 3 unspecified atom stereocenters. The smallest absolute Gasteiger partial charge is 0.317 e. The van der Waals surface area contributed by atoms with Crippen LogP contribution in [0.5, 0.6) is 0 Å².